The fraction of sp³-hybridized carbons (Fsp3) is 0.385. The summed E-state index contributed by atoms with van der Waals surface area (Å²) in [4.78, 5) is 17.9. The van der Waals surface area contributed by atoms with Gasteiger partial charge in [-0.3, -0.25) is 4.79 Å². The van der Waals surface area contributed by atoms with E-state index in [0.29, 0.717) is 19.6 Å². The lowest BCUT2D eigenvalue weighted by molar-refractivity contribution is -0.118. The smallest absolute Gasteiger partial charge is 0.219 e. The normalized spacial score (nSPS) is 19.8. The van der Waals surface area contributed by atoms with Crippen molar-refractivity contribution >= 4 is 32.6 Å². The van der Waals surface area contributed by atoms with Gasteiger partial charge in [0.1, 0.15) is 0 Å². The molecule has 1 atom stereocenters. The van der Waals surface area contributed by atoms with Gasteiger partial charge in [0.2, 0.25) is 5.91 Å². The van der Waals surface area contributed by atoms with E-state index in [9.17, 15) is 4.79 Å². The summed E-state index contributed by atoms with van der Waals surface area (Å²) in [5, 5.41) is 0.941. The molecule has 2 heterocycles. The second kappa shape index (κ2) is 5.14. The average molecular weight is 277 g/mol. The topological polar surface area (TPSA) is 68.5 Å². The number of nitrogens with two attached hydrogens (primary N) is 1. The lowest BCUT2D eigenvalue weighted by atomic mass is 10.1. The molecule has 1 aromatic heterocycles. The summed E-state index contributed by atoms with van der Waals surface area (Å²) in [6.45, 7) is 1.93. The maximum atomic E-state index is 11.1. The number of ether oxygens (including phenoxy) is 1. The van der Waals surface area contributed by atoms with Crippen molar-refractivity contribution in [1.82, 2.24) is 4.98 Å². The number of thiazole rings is 1. The Kier molecular flexibility index (Phi) is 3.35. The molecule has 3 rings (SSSR count). The van der Waals surface area contributed by atoms with Gasteiger partial charge in [-0.2, -0.15) is 0 Å². The molecule has 0 spiro atoms. The highest BCUT2D eigenvalue weighted by Crippen LogP contribution is 2.31. The number of morpholine rings is 1. The highest BCUT2D eigenvalue weighted by molar-refractivity contribution is 7.22. The first kappa shape index (κ1) is 12.4. The van der Waals surface area contributed by atoms with E-state index in [0.717, 1.165) is 21.9 Å². The third-order valence-electron chi connectivity index (χ3n) is 3.19. The molecule has 0 bridgehead atoms. The molecule has 1 unspecified atom stereocenters. The van der Waals surface area contributed by atoms with Crippen LogP contribution in [0, 0.1) is 0 Å². The number of anilines is 1. The number of para-hydroxylation sites is 1. The van der Waals surface area contributed by atoms with Crippen molar-refractivity contribution in [3.8, 4) is 0 Å². The van der Waals surface area contributed by atoms with Gasteiger partial charge in [-0.05, 0) is 12.1 Å². The van der Waals surface area contributed by atoms with Crippen LogP contribution in [-0.2, 0) is 9.53 Å². The Morgan fingerprint density at radius 1 is 1.53 bits per heavy atom. The number of amides is 1. The van der Waals surface area contributed by atoms with E-state index in [-0.39, 0.29) is 11.9 Å². The number of aromatic nitrogens is 1. The molecule has 1 aromatic carbocycles. The Morgan fingerprint density at radius 3 is 3.16 bits per heavy atom. The molecule has 100 valence electrons. The molecule has 2 N–H and O–H groups in total. The summed E-state index contributed by atoms with van der Waals surface area (Å²) in [6, 6.07) is 8.03. The number of rotatable bonds is 3. The van der Waals surface area contributed by atoms with Crippen LogP contribution in [0.15, 0.2) is 24.3 Å². The summed E-state index contributed by atoms with van der Waals surface area (Å²) in [6.07, 6.45) is 0.302. The summed E-state index contributed by atoms with van der Waals surface area (Å²) in [5.74, 6) is -0.304. The Bertz CT molecular complexity index is 565. The second-order valence-corrected chi connectivity index (χ2v) is 5.57. The minimum absolute atomic E-state index is 0.00758. The molecule has 0 saturated carbocycles. The van der Waals surface area contributed by atoms with Gasteiger partial charge in [-0.25, -0.2) is 4.98 Å². The number of fused-ring (bicyclic) bond motifs is 1. The summed E-state index contributed by atoms with van der Waals surface area (Å²) < 4.78 is 6.59. The molecule has 6 heteroatoms. The second-order valence-electron chi connectivity index (χ2n) is 4.56. The maximum Gasteiger partial charge on any atom is 0.219 e. The average Bonchev–Trinajstić information content (AvgIpc) is 2.82. The van der Waals surface area contributed by atoms with Crippen molar-refractivity contribution in [3.05, 3.63) is 24.3 Å². The number of primary amides is 1. The first-order valence-corrected chi connectivity index (χ1v) is 7.04. The molecule has 2 aromatic rings. The summed E-state index contributed by atoms with van der Waals surface area (Å²) >= 11 is 1.64. The van der Waals surface area contributed by atoms with Crippen LogP contribution in [0.3, 0.4) is 0 Å². The van der Waals surface area contributed by atoms with Gasteiger partial charge in [0.15, 0.2) is 5.13 Å². The maximum absolute atomic E-state index is 11.1. The van der Waals surface area contributed by atoms with Crippen LogP contribution in [0.1, 0.15) is 6.42 Å². The lowest BCUT2D eigenvalue weighted by Crippen LogP contribution is -2.47. The number of hydrogen-bond donors (Lipinski definition) is 1. The van der Waals surface area contributed by atoms with E-state index in [4.69, 9.17) is 10.5 Å². The van der Waals surface area contributed by atoms with E-state index in [1.54, 1.807) is 11.3 Å². The van der Waals surface area contributed by atoms with E-state index in [1.165, 1.54) is 0 Å². The molecule has 0 aliphatic carbocycles. The van der Waals surface area contributed by atoms with Gasteiger partial charge in [-0.15, -0.1) is 0 Å². The van der Waals surface area contributed by atoms with Crippen molar-refractivity contribution in [2.24, 2.45) is 5.73 Å². The molecule has 1 aliphatic rings. The van der Waals surface area contributed by atoms with Crippen LogP contribution in [0.5, 0.6) is 0 Å². The Morgan fingerprint density at radius 2 is 2.37 bits per heavy atom. The molecule has 1 amide bonds. The van der Waals surface area contributed by atoms with Crippen LogP contribution < -0.4 is 10.6 Å². The third kappa shape index (κ3) is 2.54. The van der Waals surface area contributed by atoms with Gasteiger partial charge in [0.05, 0.1) is 29.5 Å². The zero-order valence-corrected chi connectivity index (χ0v) is 11.2. The standard InChI is InChI=1S/C13H15N3O2S/c14-12(17)7-9-8-18-6-5-16(9)13-15-10-3-1-2-4-11(10)19-13/h1-4,9H,5-8H2,(H2,14,17). The minimum atomic E-state index is -0.304. The van der Waals surface area contributed by atoms with Crippen molar-refractivity contribution < 1.29 is 9.53 Å². The number of carbonyl (C=O) groups excluding carboxylic acids is 1. The fourth-order valence-electron chi connectivity index (χ4n) is 2.29. The predicted octanol–water partition coefficient (Wildman–Crippen LogP) is 1.38. The lowest BCUT2D eigenvalue weighted by Gasteiger charge is -2.34. The van der Waals surface area contributed by atoms with Gasteiger partial charge in [0, 0.05) is 13.0 Å². The quantitative estimate of drug-likeness (QED) is 0.920. The zero-order valence-electron chi connectivity index (χ0n) is 10.4. The third-order valence-corrected chi connectivity index (χ3v) is 4.27. The number of hydrogen-bond acceptors (Lipinski definition) is 5. The van der Waals surface area contributed by atoms with Gasteiger partial charge in [0.25, 0.3) is 0 Å². The largest absolute Gasteiger partial charge is 0.377 e. The molecular formula is C13H15N3O2S. The number of benzene rings is 1. The minimum Gasteiger partial charge on any atom is -0.377 e. The molecule has 1 fully saturated rings. The molecule has 19 heavy (non-hydrogen) atoms. The molecule has 1 aliphatic heterocycles. The first-order chi connectivity index (χ1) is 9.24. The summed E-state index contributed by atoms with van der Waals surface area (Å²) in [5.41, 5.74) is 6.29. The van der Waals surface area contributed by atoms with E-state index in [1.807, 2.05) is 18.2 Å². The van der Waals surface area contributed by atoms with Crippen molar-refractivity contribution in [2.75, 3.05) is 24.7 Å². The highest BCUT2D eigenvalue weighted by Gasteiger charge is 2.27. The SMILES string of the molecule is NC(=O)CC1COCCN1c1nc2ccccc2s1. The number of nitrogens with zero attached hydrogens (tertiary/aromatic N) is 2. The van der Waals surface area contributed by atoms with Gasteiger partial charge < -0.3 is 15.4 Å². The Balaban J connectivity index is 1.91. The van der Waals surface area contributed by atoms with Crippen LogP contribution >= 0.6 is 11.3 Å². The highest BCUT2D eigenvalue weighted by atomic mass is 32.1. The van der Waals surface area contributed by atoms with Gasteiger partial charge >= 0.3 is 0 Å². The monoisotopic (exact) mass is 277 g/mol. The van der Waals surface area contributed by atoms with Gasteiger partial charge in [-0.1, -0.05) is 23.5 Å². The first-order valence-electron chi connectivity index (χ1n) is 6.22. The van der Waals surface area contributed by atoms with Crippen LogP contribution in [0.2, 0.25) is 0 Å². The van der Waals surface area contributed by atoms with E-state index >= 15 is 0 Å². The molecule has 1 saturated heterocycles. The van der Waals surface area contributed by atoms with Crippen molar-refractivity contribution in [2.45, 2.75) is 12.5 Å². The summed E-state index contributed by atoms with van der Waals surface area (Å²) in [7, 11) is 0. The molecule has 0 radical (unpaired) electrons. The van der Waals surface area contributed by atoms with Crippen LogP contribution in [0.4, 0.5) is 5.13 Å². The number of carbonyl (C=O) groups is 1. The molecule has 5 nitrogen and oxygen atoms in total. The van der Waals surface area contributed by atoms with E-state index < -0.39 is 0 Å². The molecular weight excluding hydrogens is 262 g/mol. The Labute approximate surface area is 115 Å². The zero-order chi connectivity index (χ0) is 13.2. The Hall–Kier alpha value is -1.66. The van der Waals surface area contributed by atoms with E-state index in [2.05, 4.69) is 16.0 Å². The van der Waals surface area contributed by atoms with Crippen LogP contribution in [0.25, 0.3) is 10.2 Å². The fourth-order valence-corrected chi connectivity index (χ4v) is 3.35. The van der Waals surface area contributed by atoms with Crippen molar-refractivity contribution in [1.29, 1.82) is 0 Å². The predicted molar refractivity (Wildman–Crippen MR) is 75.4 cm³/mol. The van der Waals surface area contributed by atoms with Crippen LogP contribution in [-0.4, -0.2) is 36.7 Å². The van der Waals surface area contributed by atoms with Crippen molar-refractivity contribution in [3.63, 3.8) is 0 Å².